The number of fused-ring (bicyclic) bond motifs is 1. The minimum atomic E-state index is -0.167. The maximum absolute atomic E-state index is 13.2. The van der Waals surface area contributed by atoms with Gasteiger partial charge >= 0.3 is 0 Å². The first-order valence-corrected chi connectivity index (χ1v) is 12.5. The summed E-state index contributed by atoms with van der Waals surface area (Å²) in [7, 11) is 1.88. The van der Waals surface area contributed by atoms with Crippen LogP contribution in [0.15, 0.2) is 61.4 Å². The summed E-state index contributed by atoms with van der Waals surface area (Å²) in [4.78, 5) is 33.6. The molecule has 2 fully saturated rings. The number of imidazole rings is 1. The lowest BCUT2D eigenvalue weighted by Gasteiger charge is -2.46. The van der Waals surface area contributed by atoms with E-state index in [1.807, 2.05) is 48.5 Å². The molecule has 2 amide bonds. The van der Waals surface area contributed by atoms with Crippen LogP contribution in [-0.2, 0) is 11.8 Å². The first-order valence-electron chi connectivity index (χ1n) is 11.7. The Balaban J connectivity index is 1.24. The highest BCUT2D eigenvalue weighted by molar-refractivity contribution is 7.17. The number of hydrogen-bond donors (Lipinski definition) is 1. The summed E-state index contributed by atoms with van der Waals surface area (Å²) < 4.78 is 3.92. The van der Waals surface area contributed by atoms with Crippen molar-refractivity contribution in [3.63, 3.8) is 0 Å². The molecule has 1 saturated carbocycles. The van der Waals surface area contributed by atoms with E-state index >= 15 is 0 Å². The fourth-order valence-electron chi connectivity index (χ4n) is 5.54. The van der Waals surface area contributed by atoms with E-state index in [0.29, 0.717) is 10.8 Å². The van der Waals surface area contributed by atoms with Crippen molar-refractivity contribution in [2.24, 2.45) is 12.5 Å². The number of hydrogen-bond acceptors (Lipinski definition) is 5. The maximum Gasteiger partial charge on any atom is 0.268 e. The van der Waals surface area contributed by atoms with Crippen LogP contribution in [0.1, 0.15) is 35.0 Å². The van der Waals surface area contributed by atoms with E-state index in [1.54, 1.807) is 10.9 Å². The van der Waals surface area contributed by atoms with Gasteiger partial charge in [-0.25, -0.2) is 4.98 Å². The lowest BCUT2D eigenvalue weighted by atomic mass is 9.65. The molecule has 178 valence electrons. The number of aromatic nitrogens is 4. The number of thiophene rings is 1. The van der Waals surface area contributed by atoms with E-state index in [1.165, 1.54) is 17.4 Å². The van der Waals surface area contributed by atoms with Crippen molar-refractivity contribution in [1.82, 2.24) is 24.2 Å². The number of carbonyl (C=O) groups is 2. The van der Waals surface area contributed by atoms with Gasteiger partial charge in [0.1, 0.15) is 0 Å². The van der Waals surface area contributed by atoms with Crippen LogP contribution in [0.3, 0.4) is 0 Å². The molecule has 4 aromatic rings. The molecule has 2 aliphatic rings. The van der Waals surface area contributed by atoms with Gasteiger partial charge in [-0.05, 0) is 55.0 Å². The van der Waals surface area contributed by atoms with Crippen molar-refractivity contribution in [2.45, 2.75) is 25.3 Å². The van der Waals surface area contributed by atoms with Crippen molar-refractivity contribution >= 4 is 40.1 Å². The van der Waals surface area contributed by atoms with Gasteiger partial charge in [0.15, 0.2) is 0 Å². The van der Waals surface area contributed by atoms with Gasteiger partial charge in [0, 0.05) is 42.8 Å². The monoisotopic (exact) mass is 486 g/mol. The van der Waals surface area contributed by atoms with Crippen molar-refractivity contribution in [3.05, 3.63) is 66.3 Å². The van der Waals surface area contributed by atoms with E-state index < -0.39 is 0 Å². The fraction of sp³-hybridized carbons (Fsp3) is 0.308. The van der Waals surface area contributed by atoms with E-state index in [4.69, 9.17) is 4.98 Å². The van der Waals surface area contributed by atoms with Crippen LogP contribution in [0.2, 0.25) is 0 Å². The third-order valence-corrected chi connectivity index (χ3v) is 8.40. The fourth-order valence-corrected chi connectivity index (χ4v) is 6.41. The van der Waals surface area contributed by atoms with Crippen LogP contribution in [0.25, 0.3) is 21.5 Å². The summed E-state index contributed by atoms with van der Waals surface area (Å²) >= 11 is 1.44. The third-order valence-electron chi connectivity index (χ3n) is 7.27. The van der Waals surface area contributed by atoms with Gasteiger partial charge in [-0.1, -0.05) is 18.7 Å². The van der Waals surface area contributed by atoms with Gasteiger partial charge in [-0.15, -0.1) is 11.3 Å². The molecule has 0 unspecified atom stereocenters. The van der Waals surface area contributed by atoms with E-state index in [0.717, 1.165) is 53.8 Å². The first kappa shape index (κ1) is 21.8. The molecule has 0 radical (unpaired) electrons. The highest BCUT2D eigenvalue weighted by atomic mass is 32.1. The van der Waals surface area contributed by atoms with Crippen molar-refractivity contribution < 1.29 is 9.59 Å². The summed E-state index contributed by atoms with van der Waals surface area (Å²) in [5, 5.41) is 7.29. The van der Waals surface area contributed by atoms with E-state index in [-0.39, 0.29) is 23.3 Å². The van der Waals surface area contributed by atoms with Crippen LogP contribution in [0.4, 0.5) is 5.95 Å². The predicted molar refractivity (Wildman–Crippen MR) is 136 cm³/mol. The molecule has 8 nitrogen and oxygen atoms in total. The Bertz CT molecular complexity index is 1460. The molecule has 1 spiro atoms. The van der Waals surface area contributed by atoms with Crippen LogP contribution < -0.4 is 5.32 Å². The predicted octanol–water partition coefficient (Wildman–Crippen LogP) is 4.49. The first-order chi connectivity index (χ1) is 16.9. The number of benzene rings is 1. The largest absolute Gasteiger partial charge is 0.339 e. The van der Waals surface area contributed by atoms with Gasteiger partial charge in [-0.2, -0.15) is 5.10 Å². The van der Waals surface area contributed by atoms with Gasteiger partial charge in [-0.3, -0.25) is 19.6 Å². The molecular weight excluding hydrogens is 460 g/mol. The number of nitrogens with zero attached hydrogens (tertiary/aromatic N) is 5. The maximum atomic E-state index is 13.2. The van der Waals surface area contributed by atoms with Crippen LogP contribution >= 0.6 is 11.3 Å². The molecule has 6 rings (SSSR count). The highest BCUT2D eigenvalue weighted by Crippen LogP contribution is 2.55. The Kier molecular flexibility index (Phi) is 5.10. The van der Waals surface area contributed by atoms with Crippen LogP contribution in [0, 0.1) is 5.41 Å². The number of para-hydroxylation sites is 2. The van der Waals surface area contributed by atoms with Gasteiger partial charge in [0.05, 0.1) is 22.1 Å². The molecule has 35 heavy (non-hydrogen) atoms. The van der Waals surface area contributed by atoms with Crippen LogP contribution in [0.5, 0.6) is 0 Å². The number of likely N-dealkylation sites (tertiary alicyclic amines) is 1. The van der Waals surface area contributed by atoms with Crippen molar-refractivity contribution in [2.75, 3.05) is 18.4 Å². The van der Waals surface area contributed by atoms with Gasteiger partial charge in [0.25, 0.3) is 5.91 Å². The quantitative estimate of drug-likeness (QED) is 0.421. The average Bonchev–Trinajstić information content (AvgIpc) is 3.61. The highest BCUT2D eigenvalue weighted by Gasteiger charge is 2.50. The zero-order valence-electron chi connectivity index (χ0n) is 19.5. The lowest BCUT2D eigenvalue weighted by Crippen LogP contribution is -2.42. The number of nitrogens with one attached hydrogen (secondary N) is 1. The molecule has 3 aromatic heterocycles. The molecular formula is C26H26N6O2S. The van der Waals surface area contributed by atoms with Crippen LogP contribution in [-0.4, -0.2) is 49.1 Å². The zero-order chi connectivity index (χ0) is 24.2. The molecule has 1 aliphatic carbocycles. The second kappa shape index (κ2) is 8.20. The number of amides is 2. The lowest BCUT2D eigenvalue weighted by molar-refractivity contribution is -0.125. The Morgan fingerprint density at radius 3 is 2.83 bits per heavy atom. The third kappa shape index (κ3) is 3.76. The molecule has 1 aliphatic heterocycles. The topological polar surface area (TPSA) is 85.0 Å². The second-order valence-corrected chi connectivity index (χ2v) is 10.7. The average molecular weight is 487 g/mol. The molecule has 1 aromatic carbocycles. The zero-order valence-corrected chi connectivity index (χ0v) is 20.3. The van der Waals surface area contributed by atoms with Crippen molar-refractivity contribution in [1.29, 1.82) is 0 Å². The normalized spacial score (nSPS) is 21.4. The Labute approximate surface area is 206 Å². The Morgan fingerprint density at radius 2 is 2.06 bits per heavy atom. The summed E-state index contributed by atoms with van der Waals surface area (Å²) in [5.41, 5.74) is 3.01. The molecule has 0 bridgehead atoms. The minimum Gasteiger partial charge on any atom is -0.339 e. The van der Waals surface area contributed by atoms with Gasteiger partial charge < -0.3 is 9.47 Å². The molecule has 0 atom stereocenters. The SMILES string of the molecule is C=CC(=O)N1CC[C@]2(C1)C[C@H](n1c(NC(=O)c3ccc(-c4cnn(C)c4)s3)nc3ccccc31)C2. The summed E-state index contributed by atoms with van der Waals surface area (Å²) in [6, 6.07) is 12.0. The van der Waals surface area contributed by atoms with Crippen molar-refractivity contribution in [3.8, 4) is 10.4 Å². The summed E-state index contributed by atoms with van der Waals surface area (Å²) in [5.74, 6) is 0.414. The number of carbonyl (C=O) groups excluding carboxylic acids is 2. The van der Waals surface area contributed by atoms with E-state index in [9.17, 15) is 9.59 Å². The standard InChI is InChI=1S/C26H26N6O2S/c1-3-23(33)31-11-10-26(16-31)12-18(13-26)32-20-7-5-4-6-19(20)28-25(32)29-24(34)22-9-8-21(35-22)17-14-27-30(2)15-17/h3-9,14-15,18H,1,10-13,16H2,2H3,(H,28,29,34)/t18-,26-. The smallest absolute Gasteiger partial charge is 0.268 e. The number of anilines is 1. The minimum absolute atomic E-state index is 0.00737. The summed E-state index contributed by atoms with van der Waals surface area (Å²) in [6.45, 7) is 5.18. The number of aryl methyl sites for hydroxylation is 1. The number of rotatable bonds is 5. The second-order valence-electron chi connectivity index (χ2n) is 9.59. The Hall–Kier alpha value is -3.72. The van der Waals surface area contributed by atoms with E-state index in [2.05, 4.69) is 27.6 Å². The van der Waals surface area contributed by atoms with Gasteiger partial charge in [0.2, 0.25) is 11.9 Å². The Morgan fingerprint density at radius 1 is 1.23 bits per heavy atom. The molecule has 1 saturated heterocycles. The summed E-state index contributed by atoms with van der Waals surface area (Å²) in [6.07, 6.45) is 8.06. The molecule has 1 N–H and O–H groups in total. The molecule has 9 heteroatoms. The molecule has 4 heterocycles.